The highest BCUT2D eigenvalue weighted by molar-refractivity contribution is 6.31. The predicted molar refractivity (Wildman–Crippen MR) is 146 cm³/mol. The summed E-state index contributed by atoms with van der Waals surface area (Å²) in [6, 6.07) is 21.0. The summed E-state index contributed by atoms with van der Waals surface area (Å²) in [6.07, 6.45) is 2.09. The predicted octanol–water partition coefficient (Wildman–Crippen LogP) is 5.22. The molecule has 2 fully saturated rings. The summed E-state index contributed by atoms with van der Waals surface area (Å²) in [6.45, 7) is -0.550. The molecule has 9 heteroatoms. The van der Waals surface area contributed by atoms with Gasteiger partial charge in [-0.25, -0.2) is 4.79 Å². The molecule has 39 heavy (non-hydrogen) atoms. The lowest BCUT2D eigenvalue weighted by atomic mass is 9.73. The summed E-state index contributed by atoms with van der Waals surface area (Å²) in [4.78, 5) is 52.9. The number of imide groups is 1. The molecule has 1 saturated heterocycles. The van der Waals surface area contributed by atoms with Gasteiger partial charge < -0.3 is 14.8 Å². The Morgan fingerprint density at radius 2 is 1.72 bits per heavy atom. The van der Waals surface area contributed by atoms with Gasteiger partial charge in [0, 0.05) is 5.02 Å². The van der Waals surface area contributed by atoms with E-state index in [-0.39, 0.29) is 35.1 Å². The van der Waals surface area contributed by atoms with Crippen LogP contribution in [0.2, 0.25) is 5.02 Å². The minimum absolute atomic E-state index is 0.123. The highest BCUT2D eigenvalue weighted by Crippen LogP contribution is 2.45. The number of hydrogen-bond donors (Lipinski definition) is 1. The first-order chi connectivity index (χ1) is 18.9. The normalized spacial score (nSPS) is 20.4. The van der Waals surface area contributed by atoms with Crippen molar-refractivity contribution in [3.63, 3.8) is 0 Å². The number of halogens is 1. The second-order valence-corrected chi connectivity index (χ2v) is 10.1. The molecular formula is C30H27ClN2O6. The first kappa shape index (κ1) is 26.4. The van der Waals surface area contributed by atoms with Crippen molar-refractivity contribution in [1.29, 1.82) is 0 Å². The third kappa shape index (κ3) is 5.52. The number of amides is 3. The summed E-state index contributed by atoms with van der Waals surface area (Å²) in [7, 11) is 1.46. The van der Waals surface area contributed by atoms with Gasteiger partial charge in [0.25, 0.3) is 5.91 Å². The molecule has 3 aromatic carbocycles. The molecule has 1 aliphatic carbocycles. The van der Waals surface area contributed by atoms with Crippen LogP contribution in [0, 0.1) is 11.8 Å². The van der Waals surface area contributed by atoms with Gasteiger partial charge in [0.15, 0.2) is 6.61 Å². The van der Waals surface area contributed by atoms with E-state index in [9.17, 15) is 19.2 Å². The fourth-order valence-corrected chi connectivity index (χ4v) is 5.58. The van der Waals surface area contributed by atoms with Crippen LogP contribution in [0.1, 0.15) is 41.1 Å². The van der Waals surface area contributed by atoms with Crippen LogP contribution < -0.4 is 15.0 Å². The number of ether oxygens (including phenoxy) is 2. The quantitative estimate of drug-likeness (QED) is 0.322. The Labute approximate surface area is 230 Å². The number of benzene rings is 3. The van der Waals surface area contributed by atoms with Crippen molar-refractivity contribution in [3.05, 3.63) is 88.9 Å². The van der Waals surface area contributed by atoms with E-state index < -0.39 is 18.5 Å². The first-order valence-electron chi connectivity index (χ1n) is 12.7. The van der Waals surface area contributed by atoms with E-state index in [1.807, 2.05) is 18.2 Å². The first-order valence-corrected chi connectivity index (χ1v) is 13.1. The summed E-state index contributed by atoms with van der Waals surface area (Å²) in [5.41, 5.74) is 1.96. The maximum absolute atomic E-state index is 13.4. The van der Waals surface area contributed by atoms with E-state index in [2.05, 4.69) is 17.4 Å². The highest BCUT2D eigenvalue weighted by Gasteiger charge is 2.50. The lowest BCUT2D eigenvalue weighted by Gasteiger charge is -2.28. The number of nitrogens with one attached hydrogen (secondary N) is 1. The number of anilines is 2. The monoisotopic (exact) mass is 546 g/mol. The van der Waals surface area contributed by atoms with Gasteiger partial charge in [0.1, 0.15) is 5.75 Å². The Balaban J connectivity index is 1.24. The van der Waals surface area contributed by atoms with Crippen molar-refractivity contribution < 1.29 is 28.7 Å². The van der Waals surface area contributed by atoms with E-state index >= 15 is 0 Å². The molecule has 0 unspecified atom stereocenters. The van der Waals surface area contributed by atoms with Gasteiger partial charge in [-0.05, 0) is 67.1 Å². The molecule has 1 aliphatic heterocycles. The zero-order valence-electron chi connectivity index (χ0n) is 21.3. The molecule has 1 heterocycles. The number of methoxy groups -OCH3 is 1. The van der Waals surface area contributed by atoms with Crippen molar-refractivity contribution in [3.8, 4) is 5.75 Å². The summed E-state index contributed by atoms with van der Waals surface area (Å²) in [5, 5.41) is 3.00. The van der Waals surface area contributed by atoms with Crippen molar-refractivity contribution >= 4 is 46.7 Å². The minimum atomic E-state index is -0.759. The molecule has 3 aromatic rings. The zero-order chi connectivity index (χ0) is 27.5. The lowest BCUT2D eigenvalue weighted by Crippen LogP contribution is -2.31. The average molecular weight is 547 g/mol. The molecule has 5 rings (SSSR count). The standard InChI is InChI=1S/C30H27ClN2O6/c1-38-26-13-11-21(31)16-25(26)32-27(34)17-39-30(37)20-8-5-9-22(14-20)33-28(35)23-12-10-19(15-24(23)29(33)36)18-6-3-2-4-7-18/h2-9,11,13-14,16,19,23-24H,10,12,15,17H2,1H3,(H,32,34)/t19-,23+,24-/m0/s1. The van der Waals surface area contributed by atoms with E-state index in [0.29, 0.717) is 35.0 Å². The summed E-state index contributed by atoms with van der Waals surface area (Å²) < 4.78 is 10.4. The molecule has 1 saturated carbocycles. The van der Waals surface area contributed by atoms with Crippen LogP contribution in [-0.4, -0.2) is 37.4 Å². The molecule has 3 amide bonds. The molecule has 2 aliphatic rings. The van der Waals surface area contributed by atoms with Crippen LogP contribution in [0.15, 0.2) is 72.8 Å². The smallest absolute Gasteiger partial charge is 0.338 e. The Hall–Kier alpha value is -4.17. The Bertz CT molecular complexity index is 1430. The number of hydrogen-bond acceptors (Lipinski definition) is 6. The maximum atomic E-state index is 13.4. The van der Waals surface area contributed by atoms with Gasteiger partial charge in [-0.3, -0.25) is 19.3 Å². The Morgan fingerprint density at radius 1 is 0.949 bits per heavy atom. The number of esters is 1. The summed E-state index contributed by atoms with van der Waals surface area (Å²) >= 11 is 5.98. The number of fused-ring (bicyclic) bond motifs is 1. The van der Waals surface area contributed by atoms with Gasteiger partial charge in [-0.2, -0.15) is 0 Å². The highest BCUT2D eigenvalue weighted by atomic mass is 35.5. The van der Waals surface area contributed by atoms with Crippen LogP contribution in [0.5, 0.6) is 5.75 Å². The third-order valence-electron chi connectivity index (χ3n) is 7.31. The van der Waals surface area contributed by atoms with Crippen LogP contribution in [-0.2, 0) is 19.1 Å². The Kier molecular flexibility index (Phi) is 7.65. The van der Waals surface area contributed by atoms with Crippen molar-refractivity contribution in [2.75, 3.05) is 23.9 Å². The van der Waals surface area contributed by atoms with Gasteiger partial charge in [-0.15, -0.1) is 0 Å². The zero-order valence-corrected chi connectivity index (χ0v) is 22.0. The largest absolute Gasteiger partial charge is 0.495 e. The topological polar surface area (TPSA) is 102 Å². The second-order valence-electron chi connectivity index (χ2n) is 9.66. The maximum Gasteiger partial charge on any atom is 0.338 e. The molecule has 0 aromatic heterocycles. The summed E-state index contributed by atoms with van der Waals surface area (Å²) in [5.74, 6) is -1.94. The van der Waals surface area contributed by atoms with E-state index in [4.69, 9.17) is 21.1 Å². The number of carbonyl (C=O) groups excluding carboxylic acids is 4. The number of carbonyl (C=O) groups is 4. The van der Waals surface area contributed by atoms with Gasteiger partial charge in [0.05, 0.1) is 35.9 Å². The molecule has 0 spiro atoms. The van der Waals surface area contributed by atoms with Crippen molar-refractivity contribution in [2.45, 2.75) is 25.2 Å². The fraction of sp³-hybridized carbons (Fsp3) is 0.267. The molecule has 0 bridgehead atoms. The fourth-order valence-electron chi connectivity index (χ4n) is 5.41. The van der Waals surface area contributed by atoms with Gasteiger partial charge in [-0.1, -0.05) is 48.0 Å². The molecule has 8 nitrogen and oxygen atoms in total. The van der Waals surface area contributed by atoms with Crippen LogP contribution in [0.25, 0.3) is 0 Å². The van der Waals surface area contributed by atoms with Gasteiger partial charge >= 0.3 is 5.97 Å². The lowest BCUT2D eigenvalue weighted by molar-refractivity contribution is -0.122. The van der Waals surface area contributed by atoms with E-state index in [1.54, 1.807) is 24.3 Å². The van der Waals surface area contributed by atoms with Crippen molar-refractivity contribution in [2.24, 2.45) is 11.8 Å². The van der Waals surface area contributed by atoms with E-state index in [1.165, 1.54) is 35.8 Å². The van der Waals surface area contributed by atoms with Crippen molar-refractivity contribution in [1.82, 2.24) is 0 Å². The molecule has 0 radical (unpaired) electrons. The Morgan fingerprint density at radius 3 is 2.49 bits per heavy atom. The molecule has 3 atom stereocenters. The molecule has 1 N–H and O–H groups in total. The SMILES string of the molecule is COc1ccc(Cl)cc1NC(=O)COC(=O)c1cccc(N2C(=O)[C@H]3C[C@@H](c4ccccc4)CC[C@H]3C2=O)c1. The average Bonchev–Trinajstić information content (AvgIpc) is 3.21. The number of nitrogens with zero attached hydrogens (tertiary/aromatic N) is 1. The third-order valence-corrected chi connectivity index (χ3v) is 7.54. The number of rotatable bonds is 7. The van der Waals surface area contributed by atoms with Crippen LogP contribution in [0.4, 0.5) is 11.4 Å². The minimum Gasteiger partial charge on any atom is -0.495 e. The second kappa shape index (κ2) is 11.3. The molecular weight excluding hydrogens is 520 g/mol. The van der Waals surface area contributed by atoms with Gasteiger partial charge in [0.2, 0.25) is 11.8 Å². The van der Waals surface area contributed by atoms with Crippen LogP contribution >= 0.6 is 11.6 Å². The molecule has 200 valence electrons. The van der Waals surface area contributed by atoms with Crippen LogP contribution in [0.3, 0.4) is 0 Å². The van der Waals surface area contributed by atoms with E-state index in [0.717, 1.165) is 6.42 Å².